The number of rotatable bonds is 3. The normalized spacial score (nSPS) is 10.8. The van der Waals surface area contributed by atoms with Gasteiger partial charge >= 0.3 is 11.8 Å². The molecule has 0 spiro atoms. The molecule has 0 fully saturated rings. The first-order valence-electron chi connectivity index (χ1n) is 6.26. The van der Waals surface area contributed by atoms with Crippen LogP contribution in [0.25, 0.3) is 22.7 Å². The summed E-state index contributed by atoms with van der Waals surface area (Å²) in [7, 11) is 2.94. The molecular weight excluding hydrogens is 290 g/mol. The van der Waals surface area contributed by atoms with Crippen LogP contribution in [0.4, 0.5) is 5.82 Å². The minimum absolute atomic E-state index is 0.256. The number of methoxy groups -OCH3 is 1. The number of hydrogen-bond donors (Lipinski definition) is 1. The summed E-state index contributed by atoms with van der Waals surface area (Å²) in [6.07, 6.45) is 1.31. The first kappa shape index (κ1) is 13.7. The number of carbonyl (C=O) groups is 1. The van der Waals surface area contributed by atoms with Gasteiger partial charge in [-0.25, -0.2) is 9.78 Å². The molecule has 2 heterocycles. The Morgan fingerprint density at radius 3 is 2.82 bits per heavy atom. The average Bonchev–Trinajstić information content (AvgIpc) is 3.08. The summed E-state index contributed by atoms with van der Waals surface area (Å²) in [6, 6.07) is 4.87. The van der Waals surface area contributed by atoms with Gasteiger partial charge in [-0.15, -0.1) is 0 Å². The highest BCUT2D eigenvalue weighted by molar-refractivity contribution is 5.94. The molecular formula is C13H11N5O4. The fraction of sp³-hybridized carbons (Fsp3) is 0.154. The molecule has 9 nitrogen and oxygen atoms in total. The van der Waals surface area contributed by atoms with Crippen molar-refractivity contribution in [3.8, 4) is 11.6 Å². The third kappa shape index (κ3) is 2.18. The number of carbonyl (C=O) groups excluding carboxylic acids is 1. The number of hydrogen-bond acceptors (Lipinski definition) is 6. The van der Waals surface area contributed by atoms with Gasteiger partial charge in [-0.2, -0.15) is 0 Å². The maximum absolute atomic E-state index is 11.5. The minimum atomic E-state index is -0.568. The van der Waals surface area contributed by atoms with Crippen molar-refractivity contribution < 1.29 is 14.5 Å². The maximum atomic E-state index is 11.5. The molecule has 3 aromatic rings. The van der Waals surface area contributed by atoms with E-state index in [2.05, 4.69) is 19.7 Å². The van der Waals surface area contributed by atoms with Crippen molar-refractivity contribution in [3.05, 3.63) is 40.1 Å². The molecule has 9 heteroatoms. The molecule has 0 bridgehead atoms. The molecule has 0 saturated heterocycles. The highest BCUT2D eigenvalue weighted by Crippen LogP contribution is 2.22. The van der Waals surface area contributed by atoms with Gasteiger partial charge in [0.1, 0.15) is 6.20 Å². The molecule has 0 saturated carbocycles. The van der Waals surface area contributed by atoms with Crippen molar-refractivity contribution in [2.75, 3.05) is 7.11 Å². The van der Waals surface area contributed by atoms with Crippen molar-refractivity contribution in [2.45, 2.75) is 0 Å². The first-order chi connectivity index (χ1) is 10.5. The van der Waals surface area contributed by atoms with Gasteiger partial charge < -0.3 is 24.4 Å². The van der Waals surface area contributed by atoms with Gasteiger partial charge in [-0.3, -0.25) is 0 Å². The minimum Gasteiger partial charge on any atom is -0.465 e. The topological polar surface area (TPSA) is 116 Å². The molecule has 1 aromatic carbocycles. The van der Waals surface area contributed by atoms with Crippen LogP contribution in [-0.4, -0.2) is 37.5 Å². The second kappa shape index (κ2) is 4.95. The summed E-state index contributed by atoms with van der Waals surface area (Å²) in [5, 5.41) is 10.8. The molecule has 0 aliphatic heterocycles. The van der Waals surface area contributed by atoms with E-state index < -0.39 is 10.9 Å². The number of nitrogens with zero attached hydrogens (tertiary/aromatic N) is 4. The van der Waals surface area contributed by atoms with E-state index in [4.69, 9.17) is 0 Å². The molecule has 0 amide bonds. The van der Waals surface area contributed by atoms with Crippen molar-refractivity contribution in [1.29, 1.82) is 0 Å². The third-order valence-corrected chi connectivity index (χ3v) is 3.17. The third-order valence-electron chi connectivity index (χ3n) is 3.17. The lowest BCUT2D eigenvalue weighted by Gasteiger charge is -1.97. The zero-order chi connectivity index (χ0) is 15.9. The summed E-state index contributed by atoms with van der Waals surface area (Å²) < 4.78 is 6.17. The zero-order valence-electron chi connectivity index (χ0n) is 11.7. The lowest BCUT2D eigenvalue weighted by Crippen LogP contribution is -2.00. The predicted molar refractivity (Wildman–Crippen MR) is 76.3 cm³/mol. The molecule has 22 heavy (non-hydrogen) atoms. The molecule has 0 atom stereocenters. The van der Waals surface area contributed by atoms with Crippen LogP contribution in [0.3, 0.4) is 0 Å². The molecule has 0 unspecified atom stereocenters. The molecule has 2 aromatic heterocycles. The van der Waals surface area contributed by atoms with Gasteiger partial charge in [-0.1, -0.05) is 0 Å². The Morgan fingerprint density at radius 1 is 1.41 bits per heavy atom. The van der Waals surface area contributed by atoms with Crippen molar-refractivity contribution >= 4 is 22.8 Å². The summed E-state index contributed by atoms with van der Waals surface area (Å²) in [5.74, 6) is 0.00835. The Kier molecular flexibility index (Phi) is 3.09. The van der Waals surface area contributed by atoms with Crippen LogP contribution in [0.2, 0.25) is 0 Å². The van der Waals surface area contributed by atoms with Gasteiger partial charge in [0.05, 0.1) is 23.7 Å². The maximum Gasteiger partial charge on any atom is 0.382 e. The molecule has 0 aliphatic carbocycles. The SMILES string of the molecule is COC(=O)c1ccc2nc(-c3nc([N+](=O)[O-])cn3C)[nH]c2c1. The van der Waals surface area contributed by atoms with E-state index in [0.717, 1.165) is 0 Å². The van der Waals surface area contributed by atoms with Crippen LogP contribution in [0.1, 0.15) is 10.4 Å². The number of imidazole rings is 2. The lowest BCUT2D eigenvalue weighted by molar-refractivity contribution is -0.389. The number of benzene rings is 1. The van der Waals surface area contributed by atoms with E-state index in [-0.39, 0.29) is 5.82 Å². The number of esters is 1. The van der Waals surface area contributed by atoms with Crippen LogP contribution < -0.4 is 0 Å². The zero-order valence-corrected chi connectivity index (χ0v) is 11.7. The van der Waals surface area contributed by atoms with Crippen molar-refractivity contribution in [2.24, 2.45) is 7.05 Å². The molecule has 0 aliphatic rings. The van der Waals surface area contributed by atoms with Gasteiger partial charge in [0.25, 0.3) is 5.82 Å². The summed E-state index contributed by atoms with van der Waals surface area (Å²) in [6.45, 7) is 0. The largest absolute Gasteiger partial charge is 0.465 e. The van der Waals surface area contributed by atoms with Gasteiger partial charge in [-0.05, 0) is 28.1 Å². The number of ether oxygens (including phenoxy) is 1. The van der Waals surface area contributed by atoms with E-state index in [1.807, 2.05) is 0 Å². The number of aromatic amines is 1. The standard InChI is InChI=1S/C13H11N5O4/c1-17-6-10(18(20)21)16-12(17)11-14-8-4-3-7(13(19)22-2)5-9(8)15-11/h3-6H,1-2H3,(H,14,15). The number of nitro groups is 1. The molecule has 1 N–H and O–H groups in total. The van der Waals surface area contributed by atoms with Gasteiger partial charge in [0, 0.05) is 7.05 Å². The van der Waals surface area contributed by atoms with Gasteiger partial charge in [0.2, 0.25) is 5.82 Å². The van der Waals surface area contributed by atoms with E-state index in [9.17, 15) is 14.9 Å². The fourth-order valence-corrected chi connectivity index (χ4v) is 2.12. The summed E-state index contributed by atoms with van der Waals surface area (Å²) >= 11 is 0. The van der Waals surface area contributed by atoms with E-state index >= 15 is 0 Å². The molecule has 112 valence electrons. The Balaban J connectivity index is 2.09. The Labute approximate surface area is 123 Å². The van der Waals surface area contributed by atoms with Crippen LogP contribution in [-0.2, 0) is 11.8 Å². The van der Waals surface area contributed by atoms with E-state index in [1.54, 1.807) is 25.2 Å². The highest BCUT2D eigenvalue weighted by atomic mass is 16.6. The number of H-pyrrole nitrogens is 1. The van der Waals surface area contributed by atoms with Crippen molar-refractivity contribution in [1.82, 2.24) is 19.5 Å². The highest BCUT2D eigenvalue weighted by Gasteiger charge is 2.21. The van der Waals surface area contributed by atoms with Crippen LogP contribution >= 0.6 is 0 Å². The molecule has 3 rings (SSSR count). The van der Waals surface area contributed by atoms with Crippen LogP contribution in [0.5, 0.6) is 0 Å². The number of fused-ring (bicyclic) bond motifs is 1. The number of aryl methyl sites for hydroxylation is 1. The van der Waals surface area contributed by atoms with Crippen molar-refractivity contribution in [3.63, 3.8) is 0 Å². The Hall–Kier alpha value is -3.23. The second-order valence-corrected chi connectivity index (χ2v) is 4.60. The smallest absolute Gasteiger partial charge is 0.382 e. The van der Waals surface area contributed by atoms with E-state index in [1.165, 1.54) is 17.9 Å². The van der Waals surface area contributed by atoms with E-state index in [0.29, 0.717) is 28.2 Å². The Morgan fingerprint density at radius 2 is 2.18 bits per heavy atom. The van der Waals surface area contributed by atoms with Crippen LogP contribution in [0.15, 0.2) is 24.4 Å². The number of nitrogens with one attached hydrogen (secondary N) is 1. The quantitative estimate of drug-likeness (QED) is 0.447. The van der Waals surface area contributed by atoms with Crippen LogP contribution in [0, 0.1) is 10.1 Å². The summed E-state index contributed by atoms with van der Waals surface area (Å²) in [5.41, 5.74) is 1.62. The Bertz CT molecular complexity index is 895. The second-order valence-electron chi connectivity index (χ2n) is 4.60. The van der Waals surface area contributed by atoms with Gasteiger partial charge in [0.15, 0.2) is 0 Å². The predicted octanol–water partition coefficient (Wildman–Crippen LogP) is 1.66. The fourth-order valence-electron chi connectivity index (χ4n) is 2.12. The number of aromatic nitrogens is 4. The average molecular weight is 301 g/mol. The lowest BCUT2D eigenvalue weighted by atomic mass is 10.2. The molecule has 0 radical (unpaired) electrons. The summed E-state index contributed by atoms with van der Waals surface area (Å²) in [4.78, 5) is 33.0. The monoisotopic (exact) mass is 301 g/mol. The first-order valence-corrected chi connectivity index (χ1v) is 6.26.